The second kappa shape index (κ2) is 4.45. The monoisotopic (exact) mass is 251 g/mol. The molecule has 5 nitrogen and oxygen atoms in total. The van der Waals surface area contributed by atoms with E-state index in [9.17, 15) is 4.79 Å². The van der Waals surface area contributed by atoms with Crippen molar-refractivity contribution in [1.82, 2.24) is 15.0 Å². The van der Waals surface area contributed by atoms with Crippen molar-refractivity contribution in [3.63, 3.8) is 0 Å². The molecule has 0 spiro atoms. The number of fused-ring (bicyclic) bond motifs is 1. The van der Waals surface area contributed by atoms with Gasteiger partial charge in [0, 0.05) is 29.5 Å². The van der Waals surface area contributed by atoms with E-state index >= 15 is 0 Å². The highest BCUT2D eigenvalue weighted by atomic mass is 16.4. The minimum atomic E-state index is -1.03. The molecule has 0 amide bonds. The van der Waals surface area contributed by atoms with Crippen molar-refractivity contribution < 1.29 is 9.90 Å². The summed E-state index contributed by atoms with van der Waals surface area (Å²) in [6, 6.07) is 9.50. The maximum absolute atomic E-state index is 10.7. The molecule has 0 atom stereocenters. The first kappa shape index (κ1) is 11.3. The number of nitrogens with zero attached hydrogens (tertiary/aromatic N) is 3. The number of hydrogen-bond donors (Lipinski definition) is 1. The number of carbonyl (C=O) groups is 1. The molecule has 0 aliphatic rings. The molecule has 0 aliphatic carbocycles. The number of pyridine rings is 1. The summed E-state index contributed by atoms with van der Waals surface area (Å²) in [6.45, 7) is 0. The Morgan fingerprint density at radius 1 is 1.05 bits per heavy atom. The quantitative estimate of drug-likeness (QED) is 0.756. The molecule has 0 aliphatic heterocycles. The lowest BCUT2D eigenvalue weighted by atomic mass is 10.1. The van der Waals surface area contributed by atoms with E-state index in [1.807, 2.05) is 30.3 Å². The van der Waals surface area contributed by atoms with E-state index in [1.54, 1.807) is 6.20 Å². The van der Waals surface area contributed by atoms with Crippen molar-refractivity contribution in [2.45, 2.75) is 0 Å². The minimum absolute atomic E-state index is 0.0752. The molecule has 0 bridgehead atoms. The number of benzene rings is 1. The maximum Gasteiger partial charge on any atom is 0.338 e. The molecule has 2 aromatic heterocycles. The van der Waals surface area contributed by atoms with Crippen LogP contribution >= 0.6 is 0 Å². The van der Waals surface area contributed by atoms with Crippen molar-refractivity contribution >= 4 is 16.9 Å². The van der Waals surface area contributed by atoms with Crippen LogP contribution in [0.1, 0.15) is 10.4 Å². The van der Waals surface area contributed by atoms with Crippen LogP contribution < -0.4 is 0 Å². The highest BCUT2D eigenvalue weighted by Gasteiger charge is 2.06. The maximum atomic E-state index is 10.7. The molecule has 3 rings (SSSR count). The van der Waals surface area contributed by atoms with Gasteiger partial charge in [-0.1, -0.05) is 6.07 Å². The smallest absolute Gasteiger partial charge is 0.338 e. The van der Waals surface area contributed by atoms with E-state index < -0.39 is 5.97 Å². The molecule has 2 heterocycles. The molecule has 5 heteroatoms. The van der Waals surface area contributed by atoms with Crippen LogP contribution in [-0.2, 0) is 0 Å². The Morgan fingerprint density at radius 2 is 1.84 bits per heavy atom. The Hall–Kier alpha value is -2.82. The van der Waals surface area contributed by atoms with Gasteiger partial charge in [-0.05, 0) is 24.3 Å². The van der Waals surface area contributed by atoms with Crippen LogP contribution in [0.5, 0.6) is 0 Å². The lowest BCUT2D eigenvalue weighted by molar-refractivity contribution is 0.0696. The number of rotatable bonds is 2. The average molecular weight is 251 g/mol. The van der Waals surface area contributed by atoms with Crippen molar-refractivity contribution in [2.75, 3.05) is 0 Å². The Balaban J connectivity index is 2.06. The highest BCUT2D eigenvalue weighted by molar-refractivity contribution is 5.87. The zero-order valence-electron chi connectivity index (χ0n) is 9.82. The van der Waals surface area contributed by atoms with E-state index in [2.05, 4.69) is 15.0 Å². The van der Waals surface area contributed by atoms with Crippen molar-refractivity contribution in [1.29, 1.82) is 0 Å². The van der Waals surface area contributed by atoms with Gasteiger partial charge in [-0.2, -0.15) is 0 Å². The summed E-state index contributed by atoms with van der Waals surface area (Å²) in [5, 5.41) is 9.79. The van der Waals surface area contributed by atoms with Crippen LogP contribution in [0.3, 0.4) is 0 Å². The molecule has 0 saturated carbocycles. The largest absolute Gasteiger partial charge is 0.478 e. The highest BCUT2D eigenvalue weighted by Crippen LogP contribution is 2.20. The predicted octanol–water partition coefficient (Wildman–Crippen LogP) is 2.39. The summed E-state index contributed by atoms with van der Waals surface area (Å²) in [4.78, 5) is 23.1. The average Bonchev–Trinajstić information content (AvgIpc) is 2.47. The number of hydrogen-bond acceptors (Lipinski definition) is 4. The van der Waals surface area contributed by atoms with Crippen LogP contribution in [0.4, 0.5) is 0 Å². The summed E-state index contributed by atoms with van der Waals surface area (Å²) in [5.74, 6) is -0.537. The third-order valence-corrected chi connectivity index (χ3v) is 2.76. The van der Waals surface area contributed by atoms with Crippen LogP contribution in [0.25, 0.3) is 22.3 Å². The third-order valence-electron chi connectivity index (χ3n) is 2.76. The first-order chi connectivity index (χ1) is 9.24. The molecule has 1 aromatic carbocycles. The molecule has 0 unspecified atom stereocenters. The fourth-order valence-electron chi connectivity index (χ4n) is 1.80. The van der Waals surface area contributed by atoms with Gasteiger partial charge < -0.3 is 5.11 Å². The predicted molar refractivity (Wildman–Crippen MR) is 69.7 cm³/mol. The molecule has 92 valence electrons. The van der Waals surface area contributed by atoms with E-state index in [4.69, 9.17) is 5.11 Å². The summed E-state index contributed by atoms with van der Waals surface area (Å²) in [6.07, 6.45) is 4.34. The Morgan fingerprint density at radius 3 is 2.58 bits per heavy atom. The van der Waals surface area contributed by atoms with Crippen LogP contribution in [0, 0.1) is 0 Å². The zero-order valence-corrected chi connectivity index (χ0v) is 9.82. The van der Waals surface area contributed by atoms with Gasteiger partial charge in [0.05, 0.1) is 11.1 Å². The number of carboxylic acids is 1. The summed E-state index contributed by atoms with van der Waals surface area (Å²) in [5.41, 5.74) is 1.80. The van der Waals surface area contributed by atoms with E-state index in [0.717, 1.165) is 16.5 Å². The van der Waals surface area contributed by atoms with Gasteiger partial charge in [-0.3, -0.25) is 4.98 Å². The number of carboxylic acid groups (broad SMARTS) is 1. The fourth-order valence-corrected chi connectivity index (χ4v) is 1.80. The Bertz CT molecular complexity index is 754. The topological polar surface area (TPSA) is 76.0 Å². The number of aromatic carboxylic acids is 1. The fraction of sp³-hybridized carbons (Fsp3) is 0. The molecule has 0 fully saturated rings. The van der Waals surface area contributed by atoms with Crippen molar-refractivity contribution in [3.8, 4) is 11.4 Å². The first-order valence-electron chi connectivity index (χ1n) is 5.64. The molecule has 1 N–H and O–H groups in total. The second-order valence-corrected chi connectivity index (χ2v) is 4.01. The van der Waals surface area contributed by atoms with Crippen LogP contribution in [0.15, 0.2) is 48.9 Å². The van der Waals surface area contributed by atoms with Gasteiger partial charge in [0.25, 0.3) is 0 Å². The van der Waals surface area contributed by atoms with E-state index in [0.29, 0.717) is 5.82 Å². The normalized spacial score (nSPS) is 10.5. The first-order valence-corrected chi connectivity index (χ1v) is 5.64. The van der Waals surface area contributed by atoms with E-state index in [1.165, 1.54) is 12.4 Å². The van der Waals surface area contributed by atoms with Gasteiger partial charge in [-0.15, -0.1) is 0 Å². The number of aromatic nitrogens is 3. The van der Waals surface area contributed by atoms with Crippen molar-refractivity contribution in [3.05, 3.63) is 54.5 Å². The van der Waals surface area contributed by atoms with Gasteiger partial charge in [0.1, 0.15) is 0 Å². The third kappa shape index (κ3) is 2.13. The molecule has 0 saturated heterocycles. The molecule has 0 radical (unpaired) electrons. The molecular formula is C14H9N3O2. The lowest BCUT2D eigenvalue weighted by Gasteiger charge is -2.02. The molecule has 19 heavy (non-hydrogen) atoms. The Labute approximate surface area is 108 Å². The van der Waals surface area contributed by atoms with Crippen LogP contribution in [0.2, 0.25) is 0 Å². The van der Waals surface area contributed by atoms with Crippen molar-refractivity contribution in [2.24, 2.45) is 0 Å². The van der Waals surface area contributed by atoms with Gasteiger partial charge in [0.15, 0.2) is 5.82 Å². The Kier molecular flexibility index (Phi) is 2.64. The van der Waals surface area contributed by atoms with Gasteiger partial charge in [-0.25, -0.2) is 14.8 Å². The second-order valence-electron chi connectivity index (χ2n) is 4.01. The van der Waals surface area contributed by atoms with Gasteiger partial charge >= 0.3 is 5.97 Å². The van der Waals surface area contributed by atoms with Gasteiger partial charge in [0.2, 0.25) is 0 Å². The minimum Gasteiger partial charge on any atom is -0.478 e. The molecular weight excluding hydrogens is 242 g/mol. The zero-order chi connectivity index (χ0) is 13.2. The summed E-state index contributed by atoms with van der Waals surface area (Å²) >= 11 is 0. The lowest BCUT2D eigenvalue weighted by Crippen LogP contribution is -1.99. The summed E-state index contributed by atoms with van der Waals surface area (Å²) in [7, 11) is 0. The van der Waals surface area contributed by atoms with Crippen LogP contribution in [-0.4, -0.2) is 26.0 Å². The van der Waals surface area contributed by atoms with E-state index in [-0.39, 0.29) is 5.56 Å². The molecule has 3 aromatic rings. The SMILES string of the molecule is O=C(O)c1cnc(-c2ccc3ncccc3c2)nc1. The summed E-state index contributed by atoms with van der Waals surface area (Å²) < 4.78 is 0. The standard InChI is InChI=1S/C14H9N3O2/c18-14(19)11-7-16-13(17-8-11)10-3-4-12-9(6-10)2-1-5-15-12/h1-8H,(H,18,19).